The summed E-state index contributed by atoms with van der Waals surface area (Å²) in [6, 6.07) is 9.94. The quantitative estimate of drug-likeness (QED) is 0.353. The molecule has 0 fully saturated rings. The minimum Gasteiger partial charge on any atom is -0.289 e. The van der Waals surface area contributed by atoms with Crippen LogP contribution in [0.2, 0.25) is 5.02 Å². The van der Waals surface area contributed by atoms with Crippen molar-refractivity contribution in [3.05, 3.63) is 79.9 Å². The van der Waals surface area contributed by atoms with Crippen LogP contribution in [0.3, 0.4) is 0 Å². The zero-order valence-electron chi connectivity index (χ0n) is 12.2. The molecule has 22 heavy (non-hydrogen) atoms. The number of nitro groups is 1. The molecule has 5 heteroatoms. The average Bonchev–Trinajstić information content (AvgIpc) is 2.46. The minimum atomic E-state index is -0.604. The molecule has 112 valence electrons. The van der Waals surface area contributed by atoms with E-state index < -0.39 is 4.92 Å². The second-order valence-corrected chi connectivity index (χ2v) is 5.39. The fourth-order valence-corrected chi connectivity index (χ4v) is 2.27. The Balaban J connectivity index is 2.27. The summed E-state index contributed by atoms with van der Waals surface area (Å²) in [6.07, 6.45) is 3.11. The smallest absolute Gasteiger partial charge is 0.288 e. The first-order chi connectivity index (χ1) is 10.4. The van der Waals surface area contributed by atoms with Gasteiger partial charge in [0.15, 0.2) is 5.78 Å². The number of halogens is 1. The van der Waals surface area contributed by atoms with E-state index in [1.807, 2.05) is 32.0 Å². The highest BCUT2D eigenvalue weighted by Gasteiger charge is 2.15. The monoisotopic (exact) mass is 315 g/mol. The van der Waals surface area contributed by atoms with E-state index >= 15 is 0 Å². The Morgan fingerprint density at radius 1 is 1.18 bits per heavy atom. The minimum absolute atomic E-state index is 0.0138. The molecule has 2 rings (SSSR count). The molecule has 0 N–H and O–H groups in total. The van der Waals surface area contributed by atoms with Gasteiger partial charge < -0.3 is 0 Å². The maximum atomic E-state index is 12.1. The normalized spacial score (nSPS) is 10.9. The van der Waals surface area contributed by atoms with Crippen LogP contribution in [0.25, 0.3) is 6.08 Å². The van der Waals surface area contributed by atoms with Crippen LogP contribution in [-0.4, -0.2) is 10.7 Å². The lowest BCUT2D eigenvalue weighted by Gasteiger charge is -2.02. The molecule has 2 aromatic rings. The van der Waals surface area contributed by atoms with E-state index in [-0.39, 0.29) is 22.1 Å². The van der Waals surface area contributed by atoms with Crippen LogP contribution in [0.4, 0.5) is 5.69 Å². The number of ketones is 1. The predicted molar refractivity (Wildman–Crippen MR) is 87.4 cm³/mol. The maximum Gasteiger partial charge on any atom is 0.288 e. The average molecular weight is 316 g/mol. The molecule has 0 atom stereocenters. The Morgan fingerprint density at radius 2 is 1.91 bits per heavy atom. The molecule has 0 saturated carbocycles. The van der Waals surface area contributed by atoms with Crippen molar-refractivity contribution < 1.29 is 9.72 Å². The number of benzene rings is 2. The highest BCUT2D eigenvalue weighted by Crippen LogP contribution is 2.25. The third-order valence-corrected chi connectivity index (χ3v) is 3.59. The summed E-state index contributed by atoms with van der Waals surface area (Å²) in [6.45, 7) is 3.96. The van der Waals surface area contributed by atoms with Crippen LogP contribution in [0, 0.1) is 24.0 Å². The van der Waals surface area contributed by atoms with Crippen molar-refractivity contribution in [3.8, 4) is 0 Å². The number of allylic oxidation sites excluding steroid dienone is 1. The second-order valence-electron chi connectivity index (χ2n) is 4.98. The predicted octanol–water partition coefficient (Wildman–Crippen LogP) is 4.76. The maximum absolute atomic E-state index is 12.1. The van der Waals surface area contributed by atoms with Crippen LogP contribution in [0.1, 0.15) is 27.0 Å². The van der Waals surface area contributed by atoms with Crippen molar-refractivity contribution >= 4 is 29.1 Å². The number of carbonyl (C=O) groups is 1. The lowest BCUT2D eigenvalue weighted by molar-refractivity contribution is -0.384. The summed E-state index contributed by atoms with van der Waals surface area (Å²) in [5.41, 5.74) is 3.10. The van der Waals surface area contributed by atoms with E-state index in [0.29, 0.717) is 0 Å². The number of hydrogen-bond donors (Lipinski definition) is 0. The number of nitrogens with zero attached hydrogens (tertiary/aromatic N) is 1. The third kappa shape index (κ3) is 3.59. The van der Waals surface area contributed by atoms with Crippen LogP contribution in [0.5, 0.6) is 0 Å². The van der Waals surface area contributed by atoms with Gasteiger partial charge in [-0.1, -0.05) is 41.4 Å². The summed E-state index contributed by atoms with van der Waals surface area (Å²) in [5.74, 6) is -0.306. The summed E-state index contributed by atoms with van der Waals surface area (Å²) in [4.78, 5) is 22.4. The molecule has 0 aliphatic rings. The molecule has 0 saturated heterocycles. The Labute approximate surface area is 133 Å². The lowest BCUT2D eigenvalue weighted by Crippen LogP contribution is -1.97. The Kier molecular flexibility index (Phi) is 4.73. The summed E-state index contributed by atoms with van der Waals surface area (Å²) >= 11 is 5.73. The molecule has 0 heterocycles. The lowest BCUT2D eigenvalue weighted by atomic mass is 10.0. The van der Waals surface area contributed by atoms with Crippen molar-refractivity contribution in [2.75, 3.05) is 0 Å². The van der Waals surface area contributed by atoms with E-state index in [0.717, 1.165) is 16.7 Å². The number of hydrogen-bond acceptors (Lipinski definition) is 3. The molecule has 0 spiro atoms. The third-order valence-electron chi connectivity index (χ3n) is 3.27. The SMILES string of the molecule is Cc1ccc(/C=C/C(=O)c2ccc(Cl)c([N+](=O)[O-])c2)c(C)c1. The summed E-state index contributed by atoms with van der Waals surface area (Å²) < 4.78 is 0. The van der Waals surface area contributed by atoms with Crippen LogP contribution in [0.15, 0.2) is 42.5 Å². The molecule has 0 aliphatic heterocycles. The van der Waals surface area contributed by atoms with Crippen LogP contribution in [-0.2, 0) is 0 Å². The molecular formula is C17H14ClNO3. The van der Waals surface area contributed by atoms with E-state index in [1.54, 1.807) is 6.08 Å². The highest BCUT2D eigenvalue weighted by molar-refractivity contribution is 6.32. The first-order valence-electron chi connectivity index (χ1n) is 6.62. The summed E-state index contributed by atoms with van der Waals surface area (Å²) in [7, 11) is 0. The van der Waals surface area contributed by atoms with Crippen molar-refractivity contribution in [2.24, 2.45) is 0 Å². The van der Waals surface area contributed by atoms with Gasteiger partial charge in [-0.15, -0.1) is 0 Å². The van der Waals surface area contributed by atoms with Crippen molar-refractivity contribution in [1.82, 2.24) is 0 Å². The molecule has 4 nitrogen and oxygen atoms in total. The fourth-order valence-electron chi connectivity index (χ4n) is 2.08. The van der Waals surface area contributed by atoms with Gasteiger partial charge in [0.2, 0.25) is 0 Å². The number of aryl methyl sites for hydroxylation is 2. The van der Waals surface area contributed by atoms with Gasteiger partial charge in [0, 0.05) is 11.6 Å². The van der Waals surface area contributed by atoms with Gasteiger partial charge in [-0.3, -0.25) is 14.9 Å². The van der Waals surface area contributed by atoms with E-state index in [4.69, 9.17) is 11.6 Å². The Morgan fingerprint density at radius 3 is 2.55 bits per heavy atom. The Bertz CT molecular complexity index is 781. The van der Waals surface area contributed by atoms with Gasteiger partial charge in [-0.25, -0.2) is 0 Å². The molecular weight excluding hydrogens is 302 g/mol. The standard InChI is InChI=1S/C17H14ClNO3/c1-11-3-4-13(12(2)9-11)6-8-17(20)14-5-7-15(18)16(10-14)19(21)22/h3-10H,1-2H3/b8-6+. The second kappa shape index (κ2) is 6.54. The van der Waals surface area contributed by atoms with Gasteiger partial charge in [0.1, 0.15) is 5.02 Å². The molecule has 0 amide bonds. The summed E-state index contributed by atoms with van der Waals surface area (Å²) in [5, 5.41) is 10.9. The van der Waals surface area contributed by atoms with E-state index in [9.17, 15) is 14.9 Å². The first-order valence-corrected chi connectivity index (χ1v) is 7.00. The van der Waals surface area contributed by atoms with Crippen molar-refractivity contribution in [2.45, 2.75) is 13.8 Å². The number of carbonyl (C=O) groups excluding carboxylic acids is 1. The molecule has 0 aromatic heterocycles. The largest absolute Gasteiger partial charge is 0.289 e. The molecule has 2 aromatic carbocycles. The van der Waals surface area contributed by atoms with E-state index in [1.165, 1.54) is 24.3 Å². The number of nitro benzene ring substituents is 1. The van der Waals surface area contributed by atoms with Gasteiger partial charge >= 0.3 is 0 Å². The van der Waals surface area contributed by atoms with Crippen LogP contribution >= 0.6 is 11.6 Å². The van der Waals surface area contributed by atoms with Gasteiger partial charge in [-0.2, -0.15) is 0 Å². The van der Waals surface area contributed by atoms with Gasteiger partial charge in [0.05, 0.1) is 4.92 Å². The van der Waals surface area contributed by atoms with Crippen LogP contribution < -0.4 is 0 Å². The highest BCUT2D eigenvalue weighted by atomic mass is 35.5. The molecule has 0 unspecified atom stereocenters. The first kappa shape index (κ1) is 15.9. The fraction of sp³-hybridized carbons (Fsp3) is 0.118. The van der Waals surface area contributed by atoms with Crippen molar-refractivity contribution in [1.29, 1.82) is 0 Å². The van der Waals surface area contributed by atoms with E-state index in [2.05, 4.69) is 0 Å². The number of rotatable bonds is 4. The van der Waals surface area contributed by atoms with Gasteiger partial charge in [0.25, 0.3) is 5.69 Å². The topological polar surface area (TPSA) is 60.2 Å². The molecule has 0 aliphatic carbocycles. The zero-order chi connectivity index (χ0) is 16.3. The van der Waals surface area contributed by atoms with Gasteiger partial charge in [-0.05, 0) is 43.2 Å². The molecule has 0 radical (unpaired) electrons. The zero-order valence-corrected chi connectivity index (χ0v) is 12.9. The Hall–Kier alpha value is -2.46. The van der Waals surface area contributed by atoms with Crippen molar-refractivity contribution in [3.63, 3.8) is 0 Å². The molecule has 0 bridgehead atoms.